The van der Waals surface area contributed by atoms with Crippen molar-refractivity contribution in [3.63, 3.8) is 0 Å². The van der Waals surface area contributed by atoms with Gasteiger partial charge < -0.3 is 0 Å². The van der Waals surface area contributed by atoms with Crippen molar-refractivity contribution in [2.75, 3.05) is 0 Å². The molecule has 1 nitrogen and oxygen atoms in total. The summed E-state index contributed by atoms with van der Waals surface area (Å²) in [6.07, 6.45) is 0. The van der Waals surface area contributed by atoms with Gasteiger partial charge in [-0.2, -0.15) is 0 Å². The monoisotopic (exact) mass is 203 g/mol. The van der Waals surface area contributed by atoms with E-state index in [1.807, 2.05) is 6.92 Å². The van der Waals surface area contributed by atoms with Gasteiger partial charge in [0, 0.05) is 5.69 Å². The summed E-state index contributed by atoms with van der Waals surface area (Å²) < 4.78 is 13.3. The first-order valence-electron chi connectivity index (χ1n) is 2.90. The SMILES string of the molecule is Cc1cc(Br)c(F)c(C)n1. The summed E-state index contributed by atoms with van der Waals surface area (Å²) in [4.78, 5) is 3.93. The summed E-state index contributed by atoms with van der Waals surface area (Å²) >= 11 is 3.08. The van der Waals surface area contributed by atoms with Gasteiger partial charge in [0.15, 0.2) is 5.82 Å². The number of pyridine rings is 1. The average molecular weight is 204 g/mol. The second kappa shape index (κ2) is 2.66. The van der Waals surface area contributed by atoms with Crippen molar-refractivity contribution in [2.45, 2.75) is 13.8 Å². The number of rotatable bonds is 0. The van der Waals surface area contributed by atoms with Crippen molar-refractivity contribution in [1.82, 2.24) is 4.98 Å². The number of halogens is 2. The fraction of sp³-hybridized carbons (Fsp3) is 0.286. The Morgan fingerprint density at radius 1 is 1.50 bits per heavy atom. The van der Waals surface area contributed by atoms with E-state index in [4.69, 9.17) is 0 Å². The van der Waals surface area contributed by atoms with Crippen LogP contribution < -0.4 is 0 Å². The van der Waals surface area contributed by atoms with Crippen LogP contribution in [0.2, 0.25) is 0 Å². The summed E-state index contributed by atoms with van der Waals surface area (Å²) in [5.74, 6) is -0.273. The Balaban J connectivity index is 3.31. The van der Waals surface area contributed by atoms with Gasteiger partial charge in [0.05, 0.1) is 10.2 Å². The number of nitrogens with zero attached hydrogens (tertiary/aromatic N) is 1. The van der Waals surface area contributed by atoms with E-state index < -0.39 is 0 Å². The van der Waals surface area contributed by atoms with Gasteiger partial charge in [-0.1, -0.05) is 0 Å². The van der Waals surface area contributed by atoms with E-state index in [9.17, 15) is 4.39 Å². The van der Waals surface area contributed by atoms with Crippen LogP contribution in [0.4, 0.5) is 4.39 Å². The van der Waals surface area contributed by atoms with E-state index in [1.54, 1.807) is 13.0 Å². The molecule has 0 saturated heterocycles. The lowest BCUT2D eigenvalue weighted by Gasteiger charge is -1.98. The largest absolute Gasteiger partial charge is 0.255 e. The predicted molar refractivity (Wildman–Crippen MR) is 41.4 cm³/mol. The van der Waals surface area contributed by atoms with Crippen LogP contribution in [0, 0.1) is 19.7 Å². The molecule has 1 heterocycles. The highest BCUT2D eigenvalue weighted by Gasteiger charge is 2.03. The van der Waals surface area contributed by atoms with Crippen molar-refractivity contribution >= 4 is 15.9 Å². The minimum atomic E-state index is -0.273. The summed E-state index contributed by atoms with van der Waals surface area (Å²) in [5, 5.41) is 0. The van der Waals surface area contributed by atoms with E-state index in [2.05, 4.69) is 20.9 Å². The molecule has 0 aliphatic heterocycles. The molecule has 0 N–H and O–H groups in total. The number of hydrogen-bond acceptors (Lipinski definition) is 1. The Labute approximate surface area is 67.4 Å². The number of aromatic nitrogens is 1. The van der Waals surface area contributed by atoms with Crippen LogP contribution in [-0.2, 0) is 0 Å². The molecule has 0 saturated carbocycles. The Morgan fingerprint density at radius 2 is 2.10 bits per heavy atom. The highest BCUT2D eigenvalue weighted by atomic mass is 79.9. The topological polar surface area (TPSA) is 12.9 Å². The smallest absolute Gasteiger partial charge is 0.158 e. The molecule has 0 radical (unpaired) electrons. The Kier molecular flexibility index (Phi) is 2.04. The molecule has 1 aromatic heterocycles. The zero-order chi connectivity index (χ0) is 7.72. The van der Waals surface area contributed by atoms with Gasteiger partial charge in [-0.15, -0.1) is 0 Å². The highest BCUT2D eigenvalue weighted by Crippen LogP contribution is 2.17. The minimum Gasteiger partial charge on any atom is -0.255 e. The van der Waals surface area contributed by atoms with Gasteiger partial charge in [0.25, 0.3) is 0 Å². The first-order chi connectivity index (χ1) is 4.61. The first-order valence-corrected chi connectivity index (χ1v) is 3.70. The van der Waals surface area contributed by atoms with Crippen LogP contribution in [0.1, 0.15) is 11.4 Å². The maximum absolute atomic E-state index is 12.8. The van der Waals surface area contributed by atoms with Crippen molar-refractivity contribution in [2.24, 2.45) is 0 Å². The maximum Gasteiger partial charge on any atom is 0.158 e. The van der Waals surface area contributed by atoms with Crippen LogP contribution in [0.15, 0.2) is 10.5 Å². The van der Waals surface area contributed by atoms with Crippen molar-refractivity contribution in [3.05, 3.63) is 27.7 Å². The van der Waals surface area contributed by atoms with Gasteiger partial charge in [-0.05, 0) is 35.8 Å². The summed E-state index contributed by atoms with van der Waals surface area (Å²) in [7, 11) is 0. The molecule has 0 fully saturated rings. The molecule has 54 valence electrons. The lowest BCUT2D eigenvalue weighted by atomic mass is 10.3. The fourth-order valence-corrected chi connectivity index (χ4v) is 1.38. The molecule has 1 rings (SSSR count). The third kappa shape index (κ3) is 1.34. The normalized spacial score (nSPS) is 10.0. The second-order valence-corrected chi connectivity index (χ2v) is 3.00. The molecule has 0 bridgehead atoms. The molecular weight excluding hydrogens is 197 g/mol. The van der Waals surface area contributed by atoms with E-state index >= 15 is 0 Å². The quantitative estimate of drug-likeness (QED) is 0.632. The lowest BCUT2D eigenvalue weighted by Crippen LogP contribution is -1.91. The molecule has 0 aliphatic carbocycles. The van der Waals surface area contributed by atoms with Crippen LogP contribution >= 0.6 is 15.9 Å². The van der Waals surface area contributed by atoms with Crippen molar-refractivity contribution in [3.8, 4) is 0 Å². The molecule has 0 spiro atoms. The van der Waals surface area contributed by atoms with Gasteiger partial charge >= 0.3 is 0 Å². The van der Waals surface area contributed by atoms with Gasteiger partial charge in [0.1, 0.15) is 0 Å². The zero-order valence-electron chi connectivity index (χ0n) is 5.78. The lowest BCUT2D eigenvalue weighted by molar-refractivity contribution is 0.601. The van der Waals surface area contributed by atoms with Crippen LogP contribution in [0.25, 0.3) is 0 Å². The molecule has 3 heteroatoms. The van der Waals surface area contributed by atoms with Gasteiger partial charge in [0.2, 0.25) is 0 Å². The van der Waals surface area contributed by atoms with Crippen LogP contribution in [-0.4, -0.2) is 4.98 Å². The fourth-order valence-electron chi connectivity index (χ4n) is 0.765. The van der Waals surface area contributed by atoms with Crippen LogP contribution in [0.5, 0.6) is 0 Å². The molecule has 1 aromatic rings. The standard InChI is InChI=1S/C7H7BrFN/c1-4-3-6(8)7(9)5(2)10-4/h3H,1-2H3. The Hall–Kier alpha value is -0.440. The van der Waals surface area contributed by atoms with Crippen molar-refractivity contribution < 1.29 is 4.39 Å². The molecule has 0 aromatic carbocycles. The van der Waals surface area contributed by atoms with Crippen molar-refractivity contribution in [1.29, 1.82) is 0 Å². The molecule has 0 unspecified atom stereocenters. The average Bonchev–Trinajstić information content (AvgIpc) is 1.82. The summed E-state index contributed by atoms with van der Waals surface area (Å²) in [6, 6.07) is 1.66. The van der Waals surface area contributed by atoms with E-state index in [1.165, 1.54) is 0 Å². The third-order valence-electron chi connectivity index (χ3n) is 1.21. The molecule has 0 atom stereocenters. The highest BCUT2D eigenvalue weighted by molar-refractivity contribution is 9.10. The second-order valence-electron chi connectivity index (χ2n) is 2.14. The Morgan fingerprint density at radius 3 is 2.60 bits per heavy atom. The predicted octanol–water partition coefficient (Wildman–Crippen LogP) is 2.60. The zero-order valence-corrected chi connectivity index (χ0v) is 7.37. The van der Waals surface area contributed by atoms with E-state index in [0.29, 0.717) is 10.2 Å². The minimum absolute atomic E-state index is 0.273. The first kappa shape index (κ1) is 7.66. The number of aryl methyl sites for hydroxylation is 2. The third-order valence-corrected chi connectivity index (χ3v) is 1.78. The van der Waals surface area contributed by atoms with Gasteiger partial charge in [-0.3, -0.25) is 4.98 Å². The van der Waals surface area contributed by atoms with E-state index in [-0.39, 0.29) is 5.82 Å². The molecule has 0 aliphatic rings. The molecule has 10 heavy (non-hydrogen) atoms. The Bertz CT molecular complexity index is 237. The number of hydrogen-bond donors (Lipinski definition) is 0. The van der Waals surface area contributed by atoms with Gasteiger partial charge in [-0.25, -0.2) is 4.39 Å². The van der Waals surface area contributed by atoms with Crippen LogP contribution in [0.3, 0.4) is 0 Å². The van der Waals surface area contributed by atoms with E-state index in [0.717, 1.165) is 5.69 Å². The molecular formula is C7H7BrFN. The summed E-state index contributed by atoms with van der Waals surface area (Å²) in [5.41, 5.74) is 1.26. The summed E-state index contributed by atoms with van der Waals surface area (Å²) in [6.45, 7) is 3.48. The maximum atomic E-state index is 12.8. The molecule has 0 amide bonds.